The van der Waals surface area contributed by atoms with Gasteiger partial charge in [0.2, 0.25) is 5.91 Å². The van der Waals surface area contributed by atoms with Gasteiger partial charge in [-0.15, -0.1) is 0 Å². The van der Waals surface area contributed by atoms with Crippen LogP contribution in [0.25, 0.3) is 0 Å². The summed E-state index contributed by atoms with van der Waals surface area (Å²) in [4.78, 5) is 26.2. The van der Waals surface area contributed by atoms with Gasteiger partial charge in [0.05, 0.1) is 5.54 Å². The fourth-order valence-electron chi connectivity index (χ4n) is 1.82. The Kier molecular flexibility index (Phi) is 5.90. The van der Waals surface area contributed by atoms with E-state index in [-0.39, 0.29) is 11.8 Å². The number of hydrogen-bond donors (Lipinski definition) is 2. The van der Waals surface area contributed by atoms with E-state index in [0.717, 1.165) is 0 Å². The first-order chi connectivity index (χ1) is 9.85. The molecule has 0 aliphatic rings. The van der Waals surface area contributed by atoms with Crippen molar-refractivity contribution >= 4 is 17.5 Å². The maximum absolute atomic E-state index is 12.3. The second-order valence-corrected chi connectivity index (χ2v) is 5.39. The third kappa shape index (κ3) is 4.29. The Morgan fingerprint density at radius 3 is 2.33 bits per heavy atom. The molecular formula is C16H25N3O2. The van der Waals surface area contributed by atoms with Gasteiger partial charge in [-0.1, -0.05) is 6.07 Å². The van der Waals surface area contributed by atoms with Crippen LogP contribution in [0.2, 0.25) is 0 Å². The van der Waals surface area contributed by atoms with E-state index in [1.54, 1.807) is 50.1 Å². The van der Waals surface area contributed by atoms with Gasteiger partial charge >= 0.3 is 0 Å². The van der Waals surface area contributed by atoms with Crippen LogP contribution in [-0.2, 0) is 4.79 Å². The second kappa shape index (κ2) is 7.22. The van der Waals surface area contributed by atoms with Gasteiger partial charge in [-0.05, 0) is 52.9 Å². The number of amides is 2. The van der Waals surface area contributed by atoms with Gasteiger partial charge in [-0.3, -0.25) is 9.59 Å². The van der Waals surface area contributed by atoms with Crippen molar-refractivity contribution in [3.05, 3.63) is 29.8 Å². The molecule has 5 heteroatoms. The minimum atomic E-state index is -0.668. The lowest BCUT2D eigenvalue weighted by Gasteiger charge is -2.23. The van der Waals surface area contributed by atoms with Crippen LogP contribution in [0.5, 0.6) is 0 Å². The molecular weight excluding hydrogens is 266 g/mol. The van der Waals surface area contributed by atoms with Crippen molar-refractivity contribution in [1.82, 2.24) is 10.2 Å². The van der Waals surface area contributed by atoms with Crippen molar-refractivity contribution in [3.8, 4) is 0 Å². The van der Waals surface area contributed by atoms with E-state index in [4.69, 9.17) is 0 Å². The fraction of sp³-hybridized carbons (Fsp3) is 0.500. The highest BCUT2D eigenvalue weighted by Crippen LogP contribution is 2.15. The average molecular weight is 291 g/mol. The van der Waals surface area contributed by atoms with Crippen molar-refractivity contribution in [2.75, 3.05) is 25.5 Å². The molecule has 0 unspecified atom stereocenters. The van der Waals surface area contributed by atoms with Crippen LogP contribution in [0.15, 0.2) is 24.3 Å². The molecule has 5 nitrogen and oxygen atoms in total. The van der Waals surface area contributed by atoms with E-state index < -0.39 is 5.54 Å². The molecule has 0 fully saturated rings. The number of nitrogens with zero attached hydrogens (tertiary/aromatic N) is 1. The zero-order chi connectivity index (χ0) is 16.0. The second-order valence-electron chi connectivity index (χ2n) is 5.39. The Morgan fingerprint density at radius 2 is 1.81 bits per heavy atom. The van der Waals surface area contributed by atoms with Gasteiger partial charge in [-0.25, -0.2) is 0 Å². The van der Waals surface area contributed by atoms with Crippen LogP contribution in [0, 0.1) is 0 Å². The van der Waals surface area contributed by atoms with Crippen molar-refractivity contribution in [2.45, 2.75) is 33.2 Å². The molecule has 0 radical (unpaired) electrons. The van der Waals surface area contributed by atoms with Gasteiger partial charge in [0.15, 0.2) is 0 Å². The quantitative estimate of drug-likeness (QED) is 0.844. The summed E-state index contributed by atoms with van der Waals surface area (Å²) in [6.45, 7) is 8.82. The smallest absolute Gasteiger partial charge is 0.253 e. The topological polar surface area (TPSA) is 61.4 Å². The molecule has 0 aliphatic carbocycles. The zero-order valence-electron chi connectivity index (χ0n) is 13.5. The van der Waals surface area contributed by atoms with Crippen LogP contribution < -0.4 is 10.6 Å². The molecule has 0 aliphatic heterocycles. The minimum Gasteiger partial charge on any atom is -0.339 e. The summed E-state index contributed by atoms with van der Waals surface area (Å²) in [7, 11) is 1.74. The predicted molar refractivity (Wildman–Crippen MR) is 85.5 cm³/mol. The molecule has 0 saturated heterocycles. The first kappa shape index (κ1) is 17.2. The molecule has 1 aromatic rings. The third-order valence-electron chi connectivity index (χ3n) is 3.61. The summed E-state index contributed by atoms with van der Waals surface area (Å²) in [5, 5.41) is 5.78. The molecule has 1 aromatic carbocycles. The van der Waals surface area contributed by atoms with Gasteiger partial charge in [-0.2, -0.15) is 0 Å². The van der Waals surface area contributed by atoms with Crippen molar-refractivity contribution in [1.29, 1.82) is 0 Å². The first-order valence-corrected chi connectivity index (χ1v) is 7.25. The lowest BCUT2D eigenvalue weighted by atomic mass is 10.0. The number of carbonyl (C=O) groups excluding carboxylic acids is 2. The van der Waals surface area contributed by atoms with E-state index in [1.807, 2.05) is 13.8 Å². The Morgan fingerprint density at radius 1 is 1.19 bits per heavy atom. The fourth-order valence-corrected chi connectivity index (χ4v) is 1.82. The number of nitrogens with one attached hydrogen (secondary N) is 2. The summed E-state index contributed by atoms with van der Waals surface area (Å²) in [6.07, 6.45) is 0. The monoisotopic (exact) mass is 291 g/mol. The maximum atomic E-state index is 12.3. The molecule has 0 saturated carbocycles. The van der Waals surface area contributed by atoms with Crippen molar-refractivity contribution in [3.63, 3.8) is 0 Å². The van der Waals surface area contributed by atoms with E-state index in [1.165, 1.54) is 0 Å². The van der Waals surface area contributed by atoms with E-state index in [9.17, 15) is 9.59 Å². The number of carbonyl (C=O) groups is 2. The van der Waals surface area contributed by atoms with E-state index in [0.29, 0.717) is 24.3 Å². The number of anilines is 1. The zero-order valence-corrected chi connectivity index (χ0v) is 13.5. The highest BCUT2D eigenvalue weighted by Gasteiger charge is 2.25. The molecule has 0 spiro atoms. The summed E-state index contributed by atoms with van der Waals surface area (Å²) in [6, 6.07) is 7.03. The molecule has 0 atom stereocenters. The molecule has 0 aromatic heterocycles. The van der Waals surface area contributed by atoms with E-state index in [2.05, 4.69) is 10.6 Å². The van der Waals surface area contributed by atoms with Crippen molar-refractivity contribution < 1.29 is 9.59 Å². The summed E-state index contributed by atoms with van der Waals surface area (Å²) in [5.41, 5.74) is 0.541. The predicted octanol–water partition coefficient (Wildman–Crippen LogP) is 2.11. The molecule has 2 N–H and O–H groups in total. The Hall–Kier alpha value is -1.88. The number of benzene rings is 1. The van der Waals surface area contributed by atoms with Crippen LogP contribution in [0.1, 0.15) is 38.1 Å². The van der Waals surface area contributed by atoms with Crippen LogP contribution in [0.4, 0.5) is 5.69 Å². The number of hydrogen-bond acceptors (Lipinski definition) is 3. The number of likely N-dealkylation sites (N-methyl/N-ethyl adjacent to an activating group) is 1. The highest BCUT2D eigenvalue weighted by atomic mass is 16.2. The lowest BCUT2D eigenvalue weighted by Crippen LogP contribution is -2.47. The molecule has 116 valence electrons. The Labute approximate surface area is 126 Å². The average Bonchev–Trinajstić information content (AvgIpc) is 2.48. The van der Waals surface area contributed by atoms with Crippen LogP contribution in [-0.4, -0.2) is 42.4 Å². The van der Waals surface area contributed by atoms with Gasteiger partial charge in [0.1, 0.15) is 0 Å². The highest BCUT2D eigenvalue weighted by molar-refractivity contribution is 5.99. The van der Waals surface area contributed by atoms with Gasteiger partial charge in [0.25, 0.3) is 5.91 Å². The van der Waals surface area contributed by atoms with E-state index >= 15 is 0 Å². The summed E-state index contributed by atoms with van der Waals surface area (Å²) < 4.78 is 0. The number of rotatable bonds is 6. The van der Waals surface area contributed by atoms with Crippen molar-refractivity contribution in [2.24, 2.45) is 0 Å². The first-order valence-electron chi connectivity index (χ1n) is 7.25. The SMILES string of the molecule is CCN(CC)C(=O)c1cccc(NC(=O)C(C)(C)NC)c1. The third-order valence-corrected chi connectivity index (χ3v) is 3.61. The molecule has 21 heavy (non-hydrogen) atoms. The standard InChI is InChI=1S/C16H25N3O2/c1-6-19(7-2)14(20)12-9-8-10-13(11-12)18-15(21)16(3,4)17-5/h8-11,17H,6-7H2,1-5H3,(H,18,21). The van der Waals surface area contributed by atoms with Gasteiger partial charge in [0, 0.05) is 24.3 Å². The minimum absolute atomic E-state index is 0.0241. The Bertz CT molecular complexity index is 508. The maximum Gasteiger partial charge on any atom is 0.253 e. The molecule has 2 amide bonds. The Balaban J connectivity index is 2.91. The lowest BCUT2D eigenvalue weighted by molar-refractivity contribution is -0.121. The normalized spacial score (nSPS) is 11.1. The summed E-state index contributed by atoms with van der Waals surface area (Å²) in [5.74, 6) is -0.165. The summed E-state index contributed by atoms with van der Waals surface area (Å²) >= 11 is 0. The molecule has 0 heterocycles. The van der Waals surface area contributed by atoms with Crippen LogP contribution in [0.3, 0.4) is 0 Å². The molecule has 0 bridgehead atoms. The largest absolute Gasteiger partial charge is 0.339 e. The molecule has 1 rings (SSSR count). The van der Waals surface area contributed by atoms with Crippen LogP contribution >= 0.6 is 0 Å². The van der Waals surface area contributed by atoms with Gasteiger partial charge < -0.3 is 15.5 Å².